The number of urea groups is 1. The zero-order valence-electron chi connectivity index (χ0n) is 24.5. The lowest BCUT2D eigenvalue weighted by Gasteiger charge is -2.39. The molecule has 0 saturated carbocycles. The van der Waals surface area contributed by atoms with E-state index in [-0.39, 0.29) is 11.9 Å². The molecular formula is C32H44N4O5. The van der Waals surface area contributed by atoms with Crippen LogP contribution in [0.2, 0.25) is 0 Å². The molecule has 0 bridgehead atoms. The smallest absolute Gasteiger partial charge is 0.320 e. The number of fused-ring (bicyclic) bond motifs is 1. The summed E-state index contributed by atoms with van der Waals surface area (Å²) >= 11 is 0. The fraction of sp³-hybridized carbons (Fsp3) is 0.562. The second-order valence-electron chi connectivity index (χ2n) is 11.4. The van der Waals surface area contributed by atoms with Gasteiger partial charge in [-0.25, -0.2) is 4.79 Å². The molecule has 1 N–H and O–H groups in total. The van der Waals surface area contributed by atoms with E-state index in [1.165, 1.54) is 5.56 Å². The van der Waals surface area contributed by atoms with Crippen molar-refractivity contribution in [2.45, 2.75) is 45.6 Å². The highest BCUT2D eigenvalue weighted by atomic mass is 16.6. The van der Waals surface area contributed by atoms with Gasteiger partial charge >= 0.3 is 6.03 Å². The summed E-state index contributed by atoms with van der Waals surface area (Å²) in [6, 6.07) is 14.0. The Morgan fingerprint density at radius 3 is 2.44 bits per heavy atom. The van der Waals surface area contributed by atoms with Crippen LogP contribution in [0.3, 0.4) is 0 Å². The summed E-state index contributed by atoms with van der Waals surface area (Å²) in [5.41, 5.74) is 2.53. The van der Waals surface area contributed by atoms with E-state index in [2.05, 4.69) is 36.2 Å². The van der Waals surface area contributed by atoms with E-state index in [0.29, 0.717) is 68.5 Å². The number of nitrogens with zero attached hydrogens (tertiary/aromatic N) is 3. The van der Waals surface area contributed by atoms with Crippen molar-refractivity contribution in [1.29, 1.82) is 0 Å². The van der Waals surface area contributed by atoms with Crippen molar-refractivity contribution in [2.75, 3.05) is 71.0 Å². The van der Waals surface area contributed by atoms with Crippen LogP contribution in [0.1, 0.15) is 49.0 Å². The van der Waals surface area contributed by atoms with Gasteiger partial charge in [-0.05, 0) is 81.0 Å². The van der Waals surface area contributed by atoms with Crippen LogP contribution >= 0.6 is 0 Å². The Bertz CT molecular complexity index is 1180. The molecule has 1 unspecified atom stereocenters. The molecule has 2 aromatic carbocycles. The first-order chi connectivity index (χ1) is 20.0. The lowest BCUT2D eigenvalue weighted by atomic mass is 9.95. The molecule has 0 radical (unpaired) electrons. The third-order valence-corrected chi connectivity index (χ3v) is 8.31. The van der Waals surface area contributed by atoms with Crippen LogP contribution < -0.4 is 14.8 Å². The number of amides is 3. The molecule has 1 atom stereocenters. The number of nitrogens with one attached hydrogen (secondary N) is 1. The van der Waals surface area contributed by atoms with Gasteiger partial charge in [0.05, 0.1) is 13.2 Å². The number of morpholine rings is 1. The van der Waals surface area contributed by atoms with Gasteiger partial charge in [0, 0.05) is 50.0 Å². The summed E-state index contributed by atoms with van der Waals surface area (Å²) in [6.07, 6.45) is 4.10. The van der Waals surface area contributed by atoms with Crippen molar-refractivity contribution >= 4 is 17.6 Å². The van der Waals surface area contributed by atoms with Crippen LogP contribution in [0.5, 0.6) is 11.5 Å². The van der Waals surface area contributed by atoms with Crippen LogP contribution in [-0.2, 0) is 11.2 Å². The summed E-state index contributed by atoms with van der Waals surface area (Å²) in [4.78, 5) is 32.4. The Hall–Kier alpha value is -3.30. The summed E-state index contributed by atoms with van der Waals surface area (Å²) in [5, 5.41) is 3.04. The summed E-state index contributed by atoms with van der Waals surface area (Å²) in [6.45, 7) is 12.0. The number of rotatable bonds is 9. The highest BCUT2D eigenvalue weighted by molar-refractivity contribution is 6.04. The van der Waals surface area contributed by atoms with Crippen molar-refractivity contribution < 1.29 is 23.8 Å². The maximum Gasteiger partial charge on any atom is 0.320 e. The van der Waals surface area contributed by atoms with Crippen molar-refractivity contribution in [3.8, 4) is 11.5 Å². The average molecular weight is 565 g/mol. The van der Waals surface area contributed by atoms with Gasteiger partial charge in [0.15, 0.2) is 11.5 Å². The van der Waals surface area contributed by atoms with E-state index in [4.69, 9.17) is 14.2 Å². The third kappa shape index (κ3) is 7.71. The monoisotopic (exact) mass is 564 g/mol. The fourth-order valence-corrected chi connectivity index (χ4v) is 6.01. The maximum absolute atomic E-state index is 13.0. The van der Waals surface area contributed by atoms with E-state index < -0.39 is 0 Å². The van der Waals surface area contributed by atoms with Gasteiger partial charge in [-0.3, -0.25) is 4.79 Å². The Morgan fingerprint density at radius 1 is 0.951 bits per heavy atom. The quantitative estimate of drug-likeness (QED) is 0.482. The van der Waals surface area contributed by atoms with E-state index in [9.17, 15) is 9.59 Å². The zero-order chi connectivity index (χ0) is 28.6. The molecule has 0 spiro atoms. The summed E-state index contributed by atoms with van der Waals surface area (Å²) < 4.78 is 16.6. The molecule has 5 rings (SSSR count). The lowest BCUT2D eigenvalue weighted by Crippen LogP contribution is -2.51. The second kappa shape index (κ2) is 14.0. The first kappa shape index (κ1) is 29.2. The second-order valence-corrected chi connectivity index (χ2v) is 11.4. The molecule has 2 aromatic rings. The van der Waals surface area contributed by atoms with Gasteiger partial charge in [0.2, 0.25) is 0 Å². The molecule has 9 heteroatoms. The number of hydrogen-bond acceptors (Lipinski definition) is 6. The molecule has 0 aliphatic carbocycles. The van der Waals surface area contributed by atoms with Gasteiger partial charge in [0.1, 0.15) is 13.2 Å². The number of anilines is 1. The number of likely N-dealkylation sites (tertiary alicyclic amines) is 1. The molecule has 0 aromatic heterocycles. The Labute approximate surface area is 243 Å². The fourth-order valence-electron chi connectivity index (χ4n) is 6.01. The largest absolute Gasteiger partial charge is 0.486 e. The van der Waals surface area contributed by atoms with E-state index in [0.717, 1.165) is 57.5 Å². The normalized spacial score (nSPS) is 18.3. The molecule has 3 aliphatic heterocycles. The number of ether oxygens (including phenoxy) is 3. The van der Waals surface area contributed by atoms with Gasteiger partial charge < -0.3 is 34.2 Å². The number of benzene rings is 2. The first-order valence-corrected chi connectivity index (χ1v) is 15.2. The van der Waals surface area contributed by atoms with Crippen LogP contribution in [-0.4, -0.2) is 98.4 Å². The lowest BCUT2D eigenvalue weighted by molar-refractivity contribution is 0.0386. The van der Waals surface area contributed by atoms with Crippen LogP contribution in [0, 0.1) is 5.92 Å². The predicted molar refractivity (Wildman–Crippen MR) is 159 cm³/mol. The first-order valence-electron chi connectivity index (χ1n) is 15.2. The number of carbonyl (C=O) groups excluding carboxylic acids is 2. The van der Waals surface area contributed by atoms with E-state index in [1.54, 1.807) is 18.2 Å². The van der Waals surface area contributed by atoms with Gasteiger partial charge in [0.25, 0.3) is 5.91 Å². The van der Waals surface area contributed by atoms with Crippen molar-refractivity contribution in [3.05, 3.63) is 53.6 Å². The highest BCUT2D eigenvalue weighted by Gasteiger charge is 2.29. The molecule has 2 fully saturated rings. The van der Waals surface area contributed by atoms with Gasteiger partial charge in [-0.2, -0.15) is 0 Å². The third-order valence-electron chi connectivity index (χ3n) is 8.31. The van der Waals surface area contributed by atoms with Crippen molar-refractivity contribution in [2.24, 2.45) is 5.92 Å². The highest BCUT2D eigenvalue weighted by Crippen LogP contribution is 2.31. The standard InChI is InChI=1S/C32H44N4O5/c1-3-11-36(23-25-9-12-34(13-10-25)32(38)35-14-16-39-17-15-35)24(2)20-26-5-4-6-28(21-26)33-31(37)27-7-8-29-30(22-27)41-19-18-40-29/h4-8,21-22,24-25H,3,9-20,23H2,1-2H3,(H,33,37). The zero-order valence-corrected chi connectivity index (χ0v) is 24.5. The minimum Gasteiger partial charge on any atom is -0.486 e. The molecule has 3 aliphatic rings. The Morgan fingerprint density at radius 2 is 1.68 bits per heavy atom. The van der Waals surface area contributed by atoms with Crippen LogP contribution in [0.15, 0.2) is 42.5 Å². The number of hydrogen-bond donors (Lipinski definition) is 1. The van der Waals surface area contributed by atoms with Crippen molar-refractivity contribution in [3.63, 3.8) is 0 Å². The van der Waals surface area contributed by atoms with Gasteiger partial charge in [-0.15, -0.1) is 0 Å². The Kier molecular flexibility index (Phi) is 10.0. The molecule has 9 nitrogen and oxygen atoms in total. The number of piperidine rings is 1. The molecule has 3 amide bonds. The SMILES string of the molecule is CCCN(CC1CCN(C(=O)N2CCOCC2)CC1)C(C)Cc1cccc(NC(=O)c2ccc3c(c2)OCCO3)c1. The minimum atomic E-state index is -0.168. The van der Waals surface area contributed by atoms with E-state index in [1.807, 2.05) is 21.9 Å². The van der Waals surface area contributed by atoms with Gasteiger partial charge in [-0.1, -0.05) is 19.1 Å². The number of carbonyl (C=O) groups is 2. The minimum absolute atomic E-state index is 0.168. The maximum atomic E-state index is 13.0. The van der Waals surface area contributed by atoms with Crippen LogP contribution in [0.4, 0.5) is 10.5 Å². The Balaban J connectivity index is 1.13. The van der Waals surface area contributed by atoms with E-state index >= 15 is 0 Å². The molecule has 222 valence electrons. The summed E-state index contributed by atoms with van der Waals surface area (Å²) in [7, 11) is 0. The molecular weight excluding hydrogens is 520 g/mol. The molecule has 3 heterocycles. The van der Waals surface area contributed by atoms with Crippen LogP contribution in [0.25, 0.3) is 0 Å². The average Bonchev–Trinajstić information content (AvgIpc) is 3.01. The summed E-state index contributed by atoms with van der Waals surface area (Å²) in [5.74, 6) is 1.71. The predicted octanol–water partition coefficient (Wildman–Crippen LogP) is 4.52. The van der Waals surface area contributed by atoms with Crippen molar-refractivity contribution in [1.82, 2.24) is 14.7 Å². The molecule has 41 heavy (non-hydrogen) atoms. The molecule has 2 saturated heterocycles. The topological polar surface area (TPSA) is 83.6 Å².